The summed E-state index contributed by atoms with van der Waals surface area (Å²) >= 11 is 0. The first-order valence-electron chi connectivity index (χ1n) is 6.90. The molecule has 1 N–H and O–H groups in total. The topological polar surface area (TPSA) is 15.3 Å². The van der Waals surface area contributed by atoms with E-state index in [-0.39, 0.29) is 5.54 Å². The fraction of sp³-hybridized carbons (Fsp3) is 0.625. The summed E-state index contributed by atoms with van der Waals surface area (Å²) in [6.45, 7) is 7.77. The van der Waals surface area contributed by atoms with Gasteiger partial charge >= 0.3 is 0 Å². The molecular formula is C16H26N2. The number of likely N-dealkylation sites (N-methyl/N-ethyl adjacent to an activating group) is 1. The van der Waals surface area contributed by atoms with Crippen molar-refractivity contribution in [1.29, 1.82) is 0 Å². The van der Waals surface area contributed by atoms with Crippen LogP contribution in [0, 0.1) is 6.92 Å². The molecule has 18 heavy (non-hydrogen) atoms. The van der Waals surface area contributed by atoms with Gasteiger partial charge in [-0.3, -0.25) is 0 Å². The van der Waals surface area contributed by atoms with Gasteiger partial charge in [0.1, 0.15) is 0 Å². The molecule has 1 aromatic carbocycles. The third-order valence-electron chi connectivity index (χ3n) is 4.37. The molecule has 0 aromatic heterocycles. The average Bonchev–Trinajstić information content (AvgIpc) is 2.68. The van der Waals surface area contributed by atoms with Crippen LogP contribution in [-0.4, -0.2) is 31.1 Å². The van der Waals surface area contributed by atoms with Crippen molar-refractivity contribution >= 4 is 0 Å². The third kappa shape index (κ3) is 2.76. The van der Waals surface area contributed by atoms with Gasteiger partial charge in [-0.1, -0.05) is 23.8 Å². The predicted molar refractivity (Wildman–Crippen MR) is 78.0 cm³/mol. The van der Waals surface area contributed by atoms with E-state index >= 15 is 0 Å². The second-order valence-corrected chi connectivity index (χ2v) is 6.38. The lowest BCUT2D eigenvalue weighted by Crippen LogP contribution is -2.47. The minimum atomic E-state index is 0.201. The third-order valence-corrected chi connectivity index (χ3v) is 4.37. The van der Waals surface area contributed by atoms with Crippen LogP contribution in [0.1, 0.15) is 43.0 Å². The van der Waals surface area contributed by atoms with E-state index in [0.29, 0.717) is 6.04 Å². The molecule has 1 aliphatic carbocycles. The molecule has 1 aliphatic rings. The highest BCUT2D eigenvalue weighted by molar-refractivity contribution is 5.37. The first kappa shape index (κ1) is 13.6. The number of hydrogen-bond donors (Lipinski definition) is 1. The molecule has 0 heterocycles. The van der Waals surface area contributed by atoms with E-state index in [0.717, 1.165) is 6.54 Å². The van der Waals surface area contributed by atoms with Crippen LogP contribution < -0.4 is 5.32 Å². The minimum absolute atomic E-state index is 0.201. The summed E-state index contributed by atoms with van der Waals surface area (Å²) < 4.78 is 0. The van der Waals surface area contributed by atoms with Crippen molar-refractivity contribution in [2.24, 2.45) is 0 Å². The minimum Gasteiger partial charge on any atom is -0.308 e. The maximum absolute atomic E-state index is 3.74. The summed E-state index contributed by atoms with van der Waals surface area (Å²) in [6, 6.07) is 7.41. The largest absolute Gasteiger partial charge is 0.308 e. The zero-order chi connectivity index (χ0) is 13.3. The van der Waals surface area contributed by atoms with Crippen LogP contribution in [0.2, 0.25) is 0 Å². The molecule has 0 aliphatic heterocycles. The molecule has 0 fully saturated rings. The number of hydrogen-bond acceptors (Lipinski definition) is 2. The smallest absolute Gasteiger partial charge is 0.0327 e. The molecule has 2 rings (SSSR count). The lowest BCUT2D eigenvalue weighted by atomic mass is 10.0. The van der Waals surface area contributed by atoms with Crippen LogP contribution >= 0.6 is 0 Å². The first-order chi connectivity index (χ1) is 8.40. The van der Waals surface area contributed by atoms with Gasteiger partial charge in [0, 0.05) is 18.1 Å². The molecule has 0 spiro atoms. The molecule has 0 saturated heterocycles. The van der Waals surface area contributed by atoms with E-state index in [1.54, 1.807) is 0 Å². The van der Waals surface area contributed by atoms with Gasteiger partial charge in [0.2, 0.25) is 0 Å². The maximum Gasteiger partial charge on any atom is 0.0327 e. The lowest BCUT2D eigenvalue weighted by Gasteiger charge is -2.34. The normalized spacial score (nSPS) is 19.3. The Morgan fingerprint density at radius 1 is 1.33 bits per heavy atom. The van der Waals surface area contributed by atoms with Gasteiger partial charge in [0.15, 0.2) is 0 Å². The number of nitrogens with one attached hydrogen (secondary N) is 1. The highest BCUT2D eigenvalue weighted by atomic mass is 15.2. The van der Waals surface area contributed by atoms with Gasteiger partial charge < -0.3 is 10.2 Å². The fourth-order valence-electron chi connectivity index (χ4n) is 2.46. The van der Waals surface area contributed by atoms with Crippen molar-refractivity contribution in [3.63, 3.8) is 0 Å². The van der Waals surface area contributed by atoms with Crippen LogP contribution in [0.15, 0.2) is 18.2 Å². The highest BCUT2D eigenvalue weighted by Crippen LogP contribution is 2.32. The Kier molecular flexibility index (Phi) is 3.79. The van der Waals surface area contributed by atoms with E-state index in [2.05, 4.69) is 63.3 Å². The van der Waals surface area contributed by atoms with Gasteiger partial charge in [-0.05, 0) is 58.8 Å². The second-order valence-electron chi connectivity index (χ2n) is 6.38. The molecule has 0 radical (unpaired) electrons. The zero-order valence-corrected chi connectivity index (χ0v) is 12.4. The van der Waals surface area contributed by atoms with Gasteiger partial charge in [0.25, 0.3) is 0 Å². The average molecular weight is 246 g/mol. The molecule has 100 valence electrons. The first-order valence-corrected chi connectivity index (χ1v) is 6.90. The van der Waals surface area contributed by atoms with E-state index in [4.69, 9.17) is 0 Å². The van der Waals surface area contributed by atoms with E-state index in [1.165, 1.54) is 29.5 Å². The van der Waals surface area contributed by atoms with Crippen molar-refractivity contribution in [3.8, 4) is 0 Å². The zero-order valence-electron chi connectivity index (χ0n) is 12.4. The van der Waals surface area contributed by atoms with Crippen LogP contribution in [0.25, 0.3) is 0 Å². The summed E-state index contributed by atoms with van der Waals surface area (Å²) in [5.41, 5.74) is 4.62. The Balaban J connectivity index is 2.04. The van der Waals surface area contributed by atoms with Crippen molar-refractivity contribution in [3.05, 3.63) is 34.9 Å². The van der Waals surface area contributed by atoms with Crippen molar-refractivity contribution < 1.29 is 0 Å². The quantitative estimate of drug-likeness (QED) is 0.879. The molecule has 1 aromatic rings. The summed E-state index contributed by atoms with van der Waals surface area (Å²) in [7, 11) is 4.29. The summed E-state index contributed by atoms with van der Waals surface area (Å²) in [5.74, 6) is 0. The fourth-order valence-corrected chi connectivity index (χ4v) is 2.46. The second kappa shape index (κ2) is 5.02. The molecule has 2 heteroatoms. The molecule has 0 bridgehead atoms. The number of benzene rings is 1. The molecule has 0 saturated carbocycles. The maximum atomic E-state index is 3.74. The van der Waals surface area contributed by atoms with E-state index in [9.17, 15) is 0 Å². The van der Waals surface area contributed by atoms with Gasteiger partial charge in [0.05, 0.1) is 0 Å². The number of rotatable bonds is 4. The van der Waals surface area contributed by atoms with Crippen molar-refractivity contribution in [2.45, 2.75) is 45.2 Å². The highest BCUT2D eigenvalue weighted by Gasteiger charge is 2.26. The van der Waals surface area contributed by atoms with Crippen molar-refractivity contribution in [2.75, 3.05) is 20.6 Å². The summed E-state index contributed by atoms with van der Waals surface area (Å²) in [4.78, 5) is 2.28. The Hall–Kier alpha value is -0.860. The van der Waals surface area contributed by atoms with Gasteiger partial charge in [-0.2, -0.15) is 0 Å². The van der Waals surface area contributed by atoms with E-state index < -0.39 is 0 Å². The number of aryl methyl sites for hydroxylation is 2. The summed E-state index contributed by atoms with van der Waals surface area (Å²) in [5, 5.41) is 3.74. The number of fused-ring (bicyclic) bond motifs is 1. The SMILES string of the molecule is Cc1ccc2c(c1)C(NCC(C)(C)N(C)C)CC2. The molecule has 1 atom stereocenters. The van der Waals surface area contributed by atoms with Gasteiger partial charge in [-0.25, -0.2) is 0 Å². The molecule has 0 amide bonds. The van der Waals surface area contributed by atoms with Crippen LogP contribution in [0.5, 0.6) is 0 Å². The molecule has 1 unspecified atom stereocenters. The van der Waals surface area contributed by atoms with Crippen LogP contribution in [0.3, 0.4) is 0 Å². The van der Waals surface area contributed by atoms with Crippen molar-refractivity contribution in [1.82, 2.24) is 10.2 Å². The Morgan fingerprint density at radius 2 is 2.06 bits per heavy atom. The Labute approximate surface area is 111 Å². The van der Waals surface area contributed by atoms with E-state index in [1.807, 2.05) is 0 Å². The predicted octanol–water partition coefficient (Wildman–Crippen LogP) is 2.91. The molecular weight excluding hydrogens is 220 g/mol. The van der Waals surface area contributed by atoms with Gasteiger partial charge in [-0.15, -0.1) is 0 Å². The lowest BCUT2D eigenvalue weighted by molar-refractivity contribution is 0.184. The Bertz CT molecular complexity index is 421. The molecule has 2 nitrogen and oxygen atoms in total. The van der Waals surface area contributed by atoms with Crippen LogP contribution in [-0.2, 0) is 6.42 Å². The standard InChI is InChI=1S/C16H26N2/c1-12-6-7-13-8-9-15(14(13)10-12)17-11-16(2,3)18(4)5/h6-7,10,15,17H,8-9,11H2,1-5H3. The van der Waals surface area contributed by atoms with Crippen LogP contribution in [0.4, 0.5) is 0 Å². The number of nitrogens with zero attached hydrogens (tertiary/aromatic N) is 1. The Morgan fingerprint density at radius 3 is 2.72 bits per heavy atom. The summed E-state index contributed by atoms with van der Waals surface area (Å²) in [6.07, 6.45) is 2.46. The monoisotopic (exact) mass is 246 g/mol.